The van der Waals surface area contributed by atoms with E-state index in [4.69, 9.17) is 9.15 Å². The molecule has 0 aromatic carbocycles. The Labute approximate surface area is 110 Å². The fourth-order valence-corrected chi connectivity index (χ4v) is 1.81. The van der Waals surface area contributed by atoms with Crippen LogP contribution < -0.4 is 5.32 Å². The van der Waals surface area contributed by atoms with Gasteiger partial charge in [0.2, 0.25) is 0 Å². The summed E-state index contributed by atoms with van der Waals surface area (Å²) in [4.78, 5) is 2.34. The Bertz CT molecular complexity index is 312. The van der Waals surface area contributed by atoms with Crippen LogP contribution in [-0.4, -0.2) is 37.7 Å². The average molecular weight is 254 g/mol. The van der Waals surface area contributed by atoms with Gasteiger partial charge in [0, 0.05) is 25.3 Å². The normalized spacial score (nSPS) is 11.3. The molecule has 1 aromatic heterocycles. The summed E-state index contributed by atoms with van der Waals surface area (Å²) in [5.41, 5.74) is 1.26. The van der Waals surface area contributed by atoms with Crippen LogP contribution >= 0.6 is 0 Å². The van der Waals surface area contributed by atoms with Crippen LogP contribution in [0.2, 0.25) is 0 Å². The smallest absolute Gasteiger partial charge is 0.122 e. The van der Waals surface area contributed by atoms with E-state index < -0.39 is 0 Å². The lowest BCUT2D eigenvalue weighted by atomic mass is 10.2. The van der Waals surface area contributed by atoms with Gasteiger partial charge in [-0.1, -0.05) is 13.8 Å². The Balaban J connectivity index is 2.45. The van der Waals surface area contributed by atoms with Crippen molar-refractivity contribution in [1.82, 2.24) is 10.2 Å². The number of rotatable bonds is 10. The topological polar surface area (TPSA) is 37.6 Å². The van der Waals surface area contributed by atoms with Crippen molar-refractivity contribution in [2.24, 2.45) is 0 Å². The Hall–Kier alpha value is -0.840. The van der Waals surface area contributed by atoms with Crippen molar-refractivity contribution in [2.45, 2.75) is 33.9 Å². The summed E-state index contributed by atoms with van der Waals surface area (Å²) < 4.78 is 11.0. The third-order valence-electron chi connectivity index (χ3n) is 2.97. The van der Waals surface area contributed by atoms with Gasteiger partial charge in [-0.15, -0.1) is 0 Å². The second-order valence-corrected chi connectivity index (χ2v) is 4.22. The first kappa shape index (κ1) is 15.2. The highest BCUT2D eigenvalue weighted by atomic mass is 16.5. The Morgan fingerprint density at radius 2 is 2.17 bits per heavy atom. The minimum Gasteiger partial charge on any atom is -0.468 e. The highest BCUT2D eigenvalue weighted by Crippen LogP contribution is 2.13. The second kappa shape index (κ2) is 9.14. The SMILES string of the molecule is CCNCc1ccoc1CN(CC)CCOCC. The molecule has 0 amide bonds. The molecule has 4 heteroatoms. The van der Waals surface area contributed by atoms with Crippen molar-refractivity contribution in [3.63, 3.8) is 0 Å². The van der Waals surface area contributed by atoms with Crippen LogP contribution in [0.15, 0.2) is 16.7 Å². The van der Waals surface area contributed by atoms with Crippen molar-refractivity contribution in [3.05, 3.63) is 23.7 Å². The first-order valence-corrected chi connectivity index (χ1v) is 6.87. The van der Waals surface area contributed by atoms with E-state index in [9.17, 15) is 0 Å². The maximum Gasteiger partial charge on any atom is 0.122 e. The average Bonchev–Trinajstić information content (AvgIpc) is 2.82. The van der Waals surface area contributed by atoms with Crippen LogP contribution in [0.25, 0.3) is 0 Å². The highest BCUT2D eigenvalue weighted by Gasteiger charge is 2.10. The van der Waals surface area contributed by atoms with Crippen molar-refractivity contribution in [3.8, 4) is 0 Å². The predicted molar refractivity (Wildman–Crippen MR) is 73.5 cm³/mol. The molecule has 0 aliphatic heterocycles. The molecule has 1 N–H and O–H groups in total. The summed E-state index contributed by atoms with van der Waals surface area (Å²) in [6.45, 7) is 12.5. The van der Waals surface area contributed by atoms with Gasteiger partial charge in [0.15, 0.2) is 0 Å². The summed E-state index contributed by atoms with van der Waals surface area (Å²) in [5.74, 6) is 1.06. The van der Waals surface area contributed by atoms with Crippen LogP contribution in [0.3, 0.4) is 0 Å². The van der Waals surface area contributed by atoms with Crippen LogP contribution in [0.1, 0.15) is 32.1 Å². The van der Waals surface area contributed by atoms with Gasteiger partial charge >= 0.3 is 0 Å². The van der Waals surface area contributed by atoms with Gasteiger partial charge in [-0.25, -0.2) is 0 Å². The maximum absolute atomic E-state index is 5.58. The molecule has 18 heavy (non-hydrogen) atoms. The molecule has 1 heterocycles. The number of furan rings is 1. The van der Waals surface area contributed by atoms with Gasteiger partial charge in [0.05, 0.1) is 19.4 Å². The van der Waals surface area contributed by atoms with E-state index in [-0.39, 0.29) is 0 Å². The molecule has 0 saturated carbocycles. The standard InChI is InChI=1S/C14H26N2O2/c1-4-15-11-13-7-9-18-14(13)12-16(5-2)8-10-17-6-3/h7,9,15H,4-6,8,10-12H2,1-3H3. The molecule has 0 bridgehead atoms. The third kappa shape index (κ3) is 5.21. The van der Waals surface area contributed by atoms with Crippen LogP contribution in [0.5, 0.6) is 0 Å². The lowest BCUT2D eigenvalue weighted by Gasteiger charge is -2.19. The van der Waals surface area contributed by atoms with Crippen LogP contribution in [-0.2, 0) is 17.8 Å². The molecule has 1 rings (SSSR count). The fourth-order valence-electron chi connectivity index (χ4n) is 1.81. The Morgan fingerprint density at radius 3 is 2.83 bits per heavy atom. The summed E-state index contributed by atoms with van der Waals surface area (Å²) in [6.07, 6.45) is 1.78. The molecule has 0 aliphatic carbocycles. The number of likely N-dealkylation sites (N-methyl/N-ethyl adjacent to an activating group) is 1. The van der Waals surface area contributed by atoms with Crippen molar-refractivity contribution in [2.75, 3.05) is 32.8 Å². The highest BCUT2D eigenvalue weighted by molar-refractivity contribution is 5.16. The van der Waals surface area contributed by atoms with Crippen molar-refractivity contribution >= 4 is 0 Å². The number of nitrogens with one attached hydrogen (secondary N) is 1. The Kier molecular flexibility index (Phi) is 7.73. The molecule has 0 fully saturated rings. The zero-order valence-corrected chi connectivity index (χ0v) is 11.9. The van der Waals surface area contributed by atoms with E-state index in [0.29, 0.717) is 0 Å². The molecule has 0 spiro atoms. The summed E-state index contributed by atoms with van der Waals surface area (Å²) in [7, 11) is 0. The van der Waals surface area contributed by atoms with Gasteiger partial charge in [0.25, 0.3) is 0 Å². The van der Waals surface area contributed by atoms with Crippen molar-refractivity contribution < 1.29 is 9.15 Å². The zero-order valence-electron chi connectivity index (χ0n) is 11.9. The summed E-state index contributed by atoms with van der Waals surface area (Å²) in [6, 6.07) is 2.05. The molecular weight excluding hydrogens is 228 g/mol. The van der Waals surface area contributed by atoms with E-state index >= 15 is 0 Å². The van der Waals surface area contributed by atoms with Gasteiger partial charge < -0.3 is 14.5 Å². The number of ether oxygens (including phenoxy) is 1. The molecule has 0 aliphatic rings. The summed E-state index contributed by atoms with van der Waals surface area (Å²) >= 11 is 0. The minimum atomic E-state index is 0.782. The third-order valence-corrected chi connectivity index (χ3v) is 2.97. The fraction of sp³-hybridized carbons (Fsp3) is 0.714. The predicted octanol–water partition coefficient (Wildman–Crippen LogP) is 2.25. The van der Waals surface area contributed by atoms with E-state index in [1.54, 1.807) is 6.26 Å². The minimum absolute atomic E-state index is 0.782. The zero-order chi connectivity index (χ0) is 13.2. The van der Waals surface area contributed by atoms with Crippen molar-refractivity contribution in [1.29, 1.82) is 0 Å². The van der Waals surface area contributed by atoms with E-state index in [1.807, 2.05) is 13.0 Å². The molecular formula is C14H26N2O2. The molecule has 0 unspecified atom stereocenters. The maximum atomic E-state index is 5.58. The van der Waals surface area contributed by atoms with E-state index in [0.717, 1.165) is 51.7 Å². The van der Waals surface area contributed by atoms with E-state index in [1.165, 1.54) is 5.56 Å². The Morgan fingerprint density at radius 1 is 1.33 bits per heavy atom. The number of nitrogens with zero attached hydrogens (tertiary/aromatic N) is 1. The molecule has 4 nitrogen and oxygen atoms in total. The molecule has 0 atom stereocenters. The molecule has 0 saturated heterocycles. The lowest BCUT2D eigenvalue weighted by molar-refractivity contribution is 0.110. The largest absolute Gasteiger partial charge is 0.468 e. The molecule has 0 radical (unpaired) electrons. The van der Waals surface area contributed by atoms with Gasteiger partial charge in [0.1, 0.15) is 5.76 Å². The number of hydrogen-bond donors (Lipinski definition) is 1. The number of hydrogen-bond acceptors (Lipinski definition) is 4. The lowest BCUT2D eigenvalue weighted by Crippen LogP contribution is -2.27. The van der Waals surface area contributed by atoms with Crippen LogP contribution in [0, 0.1) is 0 Å². The van der Waals surface area contributed by atoms with Gasteiger partial charge in [-0.05, 0) is 26.1 Å². The van der Waals surface area contributed by atoms with E-state index in [2.05, 4.69) is 24.1 Å². The van der Waals surface area contributed by atoms with Gasteiger partial charge in [-0.3, -0.25) is 4.90 Å². The first-order chi connectivity index (χ1) is 8.81. The second-order valence-electron chi connectivity index (χ2n) is 4.22. The monoisotopic (exact) mass is 254 g/mol. The molecule has 104 valence electrons. The molecule has 1 aromatic rings. The summed E-state index contributed by atoms with van der Waals surface area (Å²) in [5, 5.41) is 3.33. The van der Waals surface area contributed by atoms with Crippen LogP contribution in [0.4, 0.5) is 0 Å². The quantitative estimate of drug-likeness (QED) is 0.650. The van der Waals surface area contributed by atoms with Gasteiger partial charge in [-0.2, -0.15) is 0 Å². The first-order valence-electron chi connectivity index (χ1n) is 6.87.